The van der Waals surface area contributed by atoms with Crippen LogP contribution in [0.3, 0.4) is 0 Å². The molecule has 0 saturated carbocycles. The Morgan fingerprint density at radius 1 is 1.03 bits per heavy atom. The highest BCUT2D eigenvalue weighted by molar-refractivity contribution is 5.93. The number of fused-ring (bicyclic) bond motifs is 1. The van der Waals surface area contributed by atoms with Crippen LogP contribution in [0.25, 0.3) is 11.0 Å². The van der Waals surface area contributed by atoms with Gasteiger partial charge in [-0.1, -0.05) is 49.4 Å². The number of amides is 1. The van der Waals surface area contributed by atoms with E-state index in [1.165, 1.54) is 11.1 Å². The van der Waals surface area contributed by atoms with E-state index < -0.39 is 0 Å². The number of piperidine rings is 1. The highest BCUT2D eigenvalue weighted by atomic mass is 16.5. The van der Waals surface area contributed by atoms with E-state index in [9.17, 15) is 4.79 Å². The second-order valence-corrected chi connectivity index (χ2v) is 9.53. The number of imidazole rings is 1. The quantitative estimate of drug-likeness (QED) is 0.360. The standard InChI is InChI=1S/C30H34N4O2/c1-3-23-9-4-5-11-26(23)32-30(35)24-10-8-18-33(20-24)21-29-31-27-12-6-7-13-28(27)34(29)19-22-14-16-25(36-2)17-15-22/h4-7,9,11-17,24H,3,8,10,18-21H2,1-2H3,(H,32,35)/t24-/m0/s1. The molecular weight excluding hydrogens is 448 g/mol. The Labute approximate surface area is 212 Å². The van der Waals surface area contributed by atoms with Gasteiger partial charge in [-0.3, -0.25) is 9.69 Å². The fourth-order valence-corrected chi connectivity index (χ4v) is 5.13. The van der Waals surface area contributed by atoms with Gasteiger partial charge in [0.05, 0.1) is 30.6 Å². The number of rotatable bonds is 8. The van der Waals surface area contributed by atoms with Crippen LogP contribution in [-0.4, -0.2) is 40.6 Å². The molecule has 6 heteroatoms. The molecule has 1 amide bonds. The molecule has 0 bridgehead atoms. The Morgan fingerprint density at radius 3 is 2.61 bits per heavy atom. The number of nitrogens with one attached hydrogen (secondary N) is 1. The van der Waals surface area contributed by atoms with Crippen LogP contribution in [0.5, 0.6) is 5.75 Å². The predicted molar refractivity (Wildman–Crippen MR) is 144 cm³/mol. The van der Waals surface area contributed by atoms with E-state index >= 15 is 0 Å². The molecule has 0 radical (unpaired) electrons. The van der Waals surface area contributed by atoms with E-state index in [-0.39, 0.29) is 11.8 Å². The minimum Gasteiger partial charge on any atom is -0.497 e. The van der Waals surface area contributed by atoms with Gasteiger partial charge in [-0.2, -0.15) is 0 Å². The molecule has 2 heterocycles. The highest BCUT2D eigenvalue weighted by Crippen LogP contribution is 2.25. The summed E-state index contributed by atoms with van der Waals surface area (Å²) in [4.78, 5) is 20.5. The number of nitrogens with zero attached hydrogens (tertiary/aromatic N) is 3. The van der Waals surface area contributed by atoms with Gasteiger partial charge in [0.2, 0.25) is 5.91 Å². The van der Waals surface area contributed by atoms with Gasteiger partial charge in [-0.05, 0) is 67.3 Å². The van der Waals surface area contributed by atoms with Crippen LogP contribution >= 0.6 is 0 Å². The number of anilines is 1. The molecule has 36 heavy (non-hydrogen) atoms. The average Bonchev–Trinajstić information content (AvgIpc) is 3.26. The minimum absolute atomic E-state index is 0.0249. The maximum Gasteiger partial charge on any atom is 0.228 e. The number of aromatic nitrogens is 2. The molecule has 1 aliphatic rings. The van der Waals surface area contributed by atoms with Crippen molar-refractivity contribution in [2.75, 3.05) is 25.5 Å². The summed E-state index contributed by atoms with van der Waals surface area (Å²) in [6.45, 7) is 5.30. The number of carbonyl (C=O) groups excluding carboxylic acids is 1. The number of benzene rings is 3. The number of hydrogen-bond acceptors (Lipinski definition) is 4. The second-order valence-electron chi connectivity index (χ2n) is 9.53. The van der Waals surface area contributed by atoms with Gasteiger partial charge in [0.25, 0.3) is 0 Å². The van der Waals surface area contributed by atoms with Gasteiger partial charge in [-0.25, -0.2) is 4.98 Å². The summed E-state index contributed by atoms with van der Waals surface area (Å²) in [5.74, 6) is 1.98. The summed E-state index contributed by atoms with van der Waals surface area (Å²) < 4.78 is 7.62. The normalized spacial score (nSPS) is 16.2. The summed E-state index contributed by atoms with van der Waals surface area (Å²) in [6.07, 6.45) is 2.82. The molecule has 1 N–H and O–H groups in total. The Bertz CT molecular complexity index is 1330. The van der Waals surface area contributed by atoms with Crippen LogP contribution in [0, 0.1) is 5.92 Å². The maximum atomic E-state index is 13.2. The second kappa shape index (κ2) is 11.0. The molecule has 4 aromatic rings. The SMILES string of the molecule is CCc1ccccc1NC(=O)[C@H]1CCCN(Cc2nc3ccccc3n2Cc2ccc(OC)cc2)C1. The molecule has 6 nitrogen and oxygen atoms in total. The number of ether oxygens (including phenoxy) is 1. The van der Waals surface area contributed by atoms with Gasteiger partial charge in [0.1, 0.15) is 11.6 Å². The third-order valence-electron chi connectivity index (χ3n) is 7.13. The number of carbonyl (C=O) groups is 1. The fourth-order valence-electron chi connectivity index (χ4n) is 5.13. The van der Waals surface area contributed by atoms with Crippen molar-refractivity contribution in [3.63, 3.8) is 0 Å². The number of methoxy groups -OCH3 is 1. The zero-order valence-electron chi connectivity index (χ0n) is 21.1. The first-order valence-electron chi connectivity index (χ1n) is 12.8. The van der Waals surface area contributed by atoms with Crippen molar-refractivity contribution in [3.8, 4) is 5.75 Å². The molecule has 1 aromatic heterocycles. The first-order valence-corrected chi connectivity index (χ1v) is 12.8. The van der Waals surface area contributed by atoms with Crippen molar-refractivity contribution in [3.05, 3.63) is 89.7 Å². The molecule has 1 aliphatic heterocycles. The molecular formula is C30H34N4O2. The predicted octanol–water partition coefficient (Wildman–Crippen LogP) is 5.51. The topological polar surface area (TPSA) is 59.4 Å². The maximum absolute atomic E-state index is 13.2. The van der Waals surface area contributed by atoms with E-state index in [4.69, 9.17) is 9.72 Å². The molecule has 3 aromatic carbocycles. The molecule has 186 valence electrons. The van der Waals surface area contributed by atoms with Crippen molar-refractivity contribution >= 4 is 22.6 Å². The largest absolute Gasteiger partial charge is 0.497 e. The van der Waals surface area contributed by atoms with Gasteiger partial charge < -0.3 is 14.6 Å². The molecule has 1 atom stereocenters. The van der Waals surface area contributed by atoms with Gasteiger partial charge in [-0.15, -0.1) is 0 Å². The van der Waals surface area contributed by atoms with E-state index in [2.05, 4.69) is 58.1 Å². The van der Waals surface area contributed by atoms with Gasteiger partial charge >= 0.3 is 0 Å². The molecule has 1 saturated heterocycles. The van der Waals surface area contributed by atoms with Crippen LogP contribution in [0.15, 0.2) is 72.8 Å². The molecule has 1 fully saturated rings. The fraction of sp³-hybridized carbons (Fsp3) is 0.333. The number of aryl methyl sites for hydroxylation is 1. The third kappa shape index (κ3) is 5.29. The Balaban J connectivity index is 1.33. The summed E-state index contributed by atoms with van der Waals surface area (Å²) >= 11 is 0. The van der Waals surface area contributed by atoms with Gasteiger partial charge in [0, 0.05) is 18.8 Å². The average molecular weight is 483 g/mol. The van der Waals surface area contributed by atoms with Crippen LogP contribution in [0.4, 0.5) is 5.69 Å². The Kier molecular flexibility index (Phi) is 7.33. The molecule has 0 aliphatic carbocycles. The lowest BCUT2D eigenvalue weighted by Gasteiger charge is -2.32. The summed E-state index contributed by atoms with van der Waals surface area (Å²) in [7, 11) is 1.69. The molecule has 5 rings (SSSR count). The first kappa shape index (κ1) is 24.1. The lowest BCUT2D eigenvalue weighted by atomic mass is 9.96. The molecule has 0 unspecified atom stereocenters. The van der Waals surface area contributed by atoms with Crippen molar-refractivity contribution < 1.29 is 9.53 Å². The highest BCUT2D eigenvalue weighted by Gasteiger charge is 2.27. The first-order chi connectivity index (χ1) is 17.6. The zero-order chi connectivity index (χ0) is 24.9. The van der Waals surface area contributed by atoms with Crippen LogP contribution in [-0.2, 0) is 24.3 Å². The van der Waals surface area contributed by atoms with Crippen molar-refractivity contribution in [2.45, 2.75) is 39.3 Å². The van der Waals surface area contributed by atoms with E-state index in [0.717, 1.165) is 73.7 Å². The third-order valence-corrected chi connectivity index (χ3v) is 7.13. The number of para-hydroxylation sites is 3. The Morgan fingerprint density at radius 2 is 1.81 bits per heavy atom. The van der Waals surface area contributed by atoms with Crippen molar-refractivity contribution in [1.29, 1.82) is 0 Å². The smallest absolute Gasteiger partial charge is 0.228 e. The van der Waals surface area contributed by atoms with E-state index in [1.54, 1.807) is 7.11 Å². The van der Waals surface area contributed by atoms with Crippen LogP contribution < -0.4 is 10.1 Å². The number of hydrogen-bond donors (Lipinski definition) is 1. The summed E-state index contributed by atoms with van der Waals surface area (Å²) in [5, 5.41) is 3.19. The van der Waals surface area contributed by atoms with E-state index in [1.807, 2.05) is 36.4 Å². The van der Waals surface area contributed by atoms with Crippen LogP contribution in [0.1, 0.15) is 36.7 Å². The van der Waals surface area contributed by atoms with E-state index in [0.29, 0.717) is 0 Å². The minimum atomic E-state index is -0.0249. The monoisotopic (exact) mass is 482 g/mol. The Hall–Kier alpha value is -3.64. The van der Waals surface area contributed by atoms with Crippen LogP contribution in [0.2, 0.25) is 0 Å². The summed E-state index contributed by atoms with van der Waals surface area (Å²) in [5.41, 5.74) is 5.44. The number of likely N-dealkylation sites (tertiary alicyclic amines) is 1. The lowest BCUT2D eigenvalue weighted by Crippen LogP contribution is -2.40. The van der Waals surface area contributed by atoms with Crippen molar-refractivity contribution in [2.24, 2.45) is 5.92 Å². The molecule has 0 spiro atoms. The van der Waals surface area contributed by atoms with Crippen molar-refractivity contribution in [1.82, 2.24) is 14.5 Å². The summed E-state index contributed by atoms with van der Waals surface area (Å²) in [6, 6.07) is 24.6. The zero-order valence-corrected chi connectivity index (χ0v) is 21.1. The lowest BCUT2D eigenvalue weighted by molar-refractivity contribution is -0.121. The van der Waals surface area contributed by atoms with Gasteiger partial charge in [0.15, 0.2) is 0 Å².